The first kappa shape index (κ1) is 15.9. The molecule has 1 heteroatoms. The van der Waals surface area contributed by atoms with Crippen molar-refractivity contribution in [1.29, 1.82) is 0 Å². The SMILES string of the molecule is [CH2-]C.[CH2-]C1CC2CC1C1C3C=CC(C3)C21.[CH3-].[Y+3]. The third-order valence-corrected chi connectivity index (χ3v) is 5.41. The van der Waals surface area contributed by atoms with Crippen molar-refractivity contribution in [2.45, 2.75) is 26.2 Å². The fourth-order valence-corrected chi connectivity index (χ4v) is 5.15. The van der Waals surface area contributed by atoms with Gasteiger partial charge < -0.3 is 21.3 Å². The quantitative estimate of drug-likeness (QED) is 0.357. The average Bonchev–Trinajstić information content (AvgIpc) is 2.97. The molecule has 0 saturated heterocycles. The molecule has 17 heavy (non-hydrogen) atoms. The van der Waals surface area contributed by atoms with E-state index in [-0.39, 0.29) is 40.1 Å². The van der Waals surface area contributed by atoms with Crippen molar-refractivity contribution in [2.24, 2.45) is 41.4 Å². The summed E-state index contributed by atoms with van der Waals surface area (Å²) in [6.45, 7) is 9.34. The summed E-state index contributed by atoms with van der Waals surface area (Å²) in [6.07, 6.45) is 9.50. The molecule has 4 aliphatic carbocycles. The number of hydrogen-bond acceptors (Lipinski definition) is 0. The molecule has 0 aliphatic heterocycles. The normalized spacial score (nSPS) is 51.1. The fourth-order valence-electron chi connectivity index (χ4n) is 5.15. The van der Waals surface area contributed by atoms with Gasteiger partial charge in [-0.05, 0) is 42.4 Å². The maximum absolute atomic E-state index is 4.34. The smallest absolute Gasteiger partial charge is 0.358 e. The summed E-state index contributed by atoms with van der Waals surface area (Å²) in [5.74, 6) is 6.99. The van der Waals surface area contributed by atoms with Gasteiger partial charge in [0.25, 0.3) is 0 Å². The van der Waals surface area contributed by atoms with Gasteiger partial charge in [0.15, 0.2) is 0 Å². The van der Waals surface area contributed by atoms with E-state index in [4.69, 9.17) is 0 Å². The molecule has 3 fully saturated rings. The predicted octanol–water partition coefficient (Wildman–Crippen LogP) is 4.20. The van der Waals surface area contributed by atoms with Crippen molar-refractivity contribution in [3.8, 4) is 0 Å². The van der Waals surface area contributed by atoms with Gasteiger partial charge in [0.05, 0.1) is 0 Å². The molecule has 0 aromatic rings. The van der Waals surface area contributed by atoms with Crippen LogP contribution in [-0.4, -0.2) is 0 Å². The molecular formula is C16H25Y. The van der Waals surface area contributed by atoms with Crippen LogP contribution >= 0.6 is 0 Å². The summed E-state index contributed by atoms with van der Waals surface area (Å²) in [5, 5.41) is 0. The summed E-state index contributed by atoms with van der Waals surface area (Å²) >= 11 is 0. The molecule has 0 aromatic carbocycles. The van der Waals surface area contributed by atoms with Gasteiger partial charge in [-0.15, -0.1) is 0 Å². The second-order valence-corrected chi connectivity index (χ2v) is 5.76. The zero-order valence-corrected chi connectivity index (χ0v) is 14.1. The zero-order valence-electron chi connectivity index (χ0n) is 11.3. The van der Waals surface area contributed by atoms with Crippen LogP contribution in [0.5, 0.6) is 0 Å². The van der Waals surface area contributed by atoms with Gasteiger partial charge in [-0.3, -0.25) is 0 Å². The molecule has 0 heterocycles. The van der Waals surface area contributed by atoms with Crippen LogP contribution in [0.2, 0.25) is 0 Å². The fraction of sp³-hybridized carbons (Fsp3) is 0.688. The molecule has 0 N–H and O–H groups in total. The molecule has 7 atom stereocenters. The molecule has 3 saturated carbocycles. The van der Waals surface area contributed by atoms with Gasteiger partial charge in [0.2, 0.25) is 0 Å². The van der Waals surface area contributed by atoms with Crippen molar-refractivity contribution in [1.82, 2.24) is 0 Å². The molecule has 0 aromatic heterocycles. The van der Waals surface area contributed by atoms with Crippen LogP contribution in [0.15, 0.2) is 12.2 Å². The second-order valence-electron chi connectivity index (χ2n) is 5.76. The van der Waals surface area contributed by atoms with E-state index >= 15 is 0 Å². The van der Waals surface area contributed by atoms with Crippen LogP contribution in [0, 0.1) is 62.7 Å². The number of fused-ring (bicyclic) bond motifs is 9. The molecule has 0 amide bonds. The molecule has 92 valence electrons. The number of allylic oxidation sites excluding steroid dienone is 2. The Bertz CT molecular complexity index is 283. The Morgan fingerprint density at radius 1 is 0.941 bits per heavy atom. The van der Waals surface area contributed by atoms with Gasteiger partial charge in [-0.1, -0.05) is 24.5 Å². The zero-order chi connectivity index (χ0) is 10.6. The molecule has 4 bridgehead atoms. The Morgan fingerprint density at radius 2 is 1.53 bits per heavy atom. The van der Waals surface area contributed by atoms with E-state index in [9.17, 15) is 0 Å². The third kappa shape index (κ3) is 2.12. The van der Waals surface area contributed by atoms with Crippen molar-refractivity contribution in [3.63, 3.8) is 0 Å². The standard InChI is InChI=1S/C13H17.C2H5.CH3.Y/c1-7-4-10-6-11(7)13-9-3-2-8(5-9)12(10)13;1-2;;/h2-3,7-13H,1,4-6H2;1H2,2H3;1H3;/q3*-1;+3. The molecule has 0 spiro atoms. The Kier molecular flexibility index (Phi) is 5.49. The van der Waals surface area contributed by atoms with Crippen LogP contribution in [-0.2, 0) is 32.7 Å². The van der Waals surface area contributed by atoms with Crippen molar-refractivity contribution < 1.29 is 32.7 Å². The van der Waals surface area contributed by atoms with Gasteiger partial charge in [-0.2, -0.15) is 12.8 Å². The van der Waals surface area contributed by atoms with Crippen molar-refractivity contribution in [3.05, 3.63) is 33.4 Å². The third-order valence-electron chi connectivity index (χ3n) is 5.41. The first-order chi connectivity index (χ1) is 7.34. The minimum atomic E-state index is 0. The van der Waals surface area contributed by atoms with E-state index in [2.05, 4.69) is 26.0 Å². The summed E-state index contributed by atoms with van der Waals surface area (Å²) in [6, 6.07) is 0. The van der Waals surface area contributed by atoms with E-state index in [1.807, 2.05) is 0 Å². The van der Waals surface area contributed by atoms with E-state index < -0.39 is 0 Å². The van der Waals surface area contributed by atoms with Crippen LogP contribution < -0.4 is 0 Å². The number of hydrogen-bond donors (Lipinski definition) is 0. The van der Waals surface area contributed by atoms with Gasteiger partial charge in [0, 0.05) is 0 Å². The van der Waals surface area contributed by atoms with Crippen LogP contribution in [0.25, 0.3) is 0 Å². The Balaban J connectivity index is 0.000000346. The first-order valence-electron chi connectivity index (χ1n) is 6.56. The summed E-state index contributed by atoms with van der Waals surface area (Å²) in [7, 11) is 0. The van der Waals surface area contributed by atoms with Crippen LogP contribution in [0.4, 0.5) is 0 Å². The summed E-state index contributed by atoms with van der Waals surface area (Å²) in [4.78, 5) is 0. The first-order valence-corrected chi connectivity index (χ1v) is 6.56. The Labute approximate surface area is 133 Å². The van der Waals surface area contributed by atoms with Crippen LogP contribution in [0.3, 0.4) is 0 Å². The van der Waals surface area contributed by atoms with Crippen molar-refractivity contribution in [2.75, 3.05) is 0 Å². The van der Waals surface area contributed by atoms with Gasteiger partial charge in [0.1, 0.15) is 0 Å². The molecule has 4 aliphatic rings. The van der Waals surface area contributed by atoms with Gasteiger partial charge in [-0.25, -0.2) is 0 Å². The Hall–Kier alpha value is 0.844. The minimum absolute atomic E-state index is 0. The molecule has 4 rings (SSSR count). The Morgan fingerprint density at radius 3 is 2.18 bits per heavy atom. The maximum Gasteiger partial charge on any atom is 3.00 e. The van der Waals surface area contributed by atoms with Gasteiger partial charge >= 0.3 is 32.7 Å². The number of rotatable bonds is 0. The minimum Gasteiger partial charge on any atom is -0.358 e. The maximum atomic E-state index is 4.34. The second kappa shape index (κ2) is 5.87. The average molecular weight is 306 g/mol. The molecule has 0 radical (unpaired) electrons. The molecule has 7 unspecified atom stereocenters. The van der Waals surface area contributed by atoms with E-state index in [1.165, 1.54) is 19.3 Å². The summed E-state index contributed by atoms with van der Waals surface area (Å²) < 4.78 is 0. The van der Waals surface area contributed by atoms with E-state index in [1.54, 1.807) is 6.92 Å². The van der Waals surface area contributed by atoms with Crippen LogP contribution in [0.1, 0.15) is 26.2 Å². The topological polar surface area (TPSA) is 0 Å². The summed E-state index contributed by atoms with van der Waals surface area (Å²) in [5.41, 5.74) is 0. The molecule has 0 nitrogen and oxygen atoms in total. The van der Waals surface area contributed by atoms with E-state index in [0.29, 0.717) is 0 Å². The monoisotopic (exact) mass is 306 g/mol. The van der Waals surface area contributed by atoms with Crippen molar-refractivity contribution >= 4 is 0 Å². The largest absolute Gasteiger partial charge is 3.00 e. The molecular weight excluding hydrogens is 281 g/mol. The van der Waals surface area contributed by atoms with E-state index in [0.717, 1.165) is 41.4 Å². The predicted molar refractivity (Wildman–Crippen MR) is 70.2 cm³/mol.